The van der Waals surface area contributed by atoms with Crippen LogP contribution in [0.15, 0.2) is 54.0 Å². The van der Waals surface area contributed by atoms with E-state index in [2.05, 4.69) is 15.6 Å². The van der Waals surface area contributed by atoms with E-state index in [1.165, 1.54) is 11.3 Å². The van der Waals surface area contributed by atoms with Crippen molar-refractivity contribution < 1.29 is 14.3 Å². The Labute approximate surface area is 171 Å². The molecule has 1 atom stereocenters. The summed E-state index contributed by atoms with van der Waals surface area (Å²) < 4.78 is 5.74. The Morgan fingerprint density at radius 3 is 2.68 bits per heavy atom. The van der Waals surface area contributed by atoms with Crippen molar-refractivity contribution in [3.05, 3.63) is 70.2 Å². The maximum Gasteiger partial charge on any atom is 0.265 e. The topological polar surface area (TPSA) is 80.3 Å². The predicted octanol–water partition coefficient (Wildman–Crippen LogP) is 4.76. The van der Waals surface area contributed by atoms with Crippen LogP contribution in [-0.2, 0) is 4.79 Å². The molecule has 0 bridgehead atoms. The van der Waals surface area contributed by atoms with Crippen LogP contribution in [0.1, 0.15) is 22.8 Å². The molecule has 0 spiro atoms. The first kappa shape index (κ1) is 19.9. The molecule has 2 N–H and O–H groups in total. The van der Waals surface area contributed by atoms with Gasteiger partial charge in [-0.2, -0.15) is 0 Å². The summed E-state index contributed by atoms with van der Waals surface area (Å²) in [5, 5.41) is 8.31. The minimum atomic E-state index is -0.769. The Balaban J connectivity index is 1.70. The monoisotopic (exact) mass is 415 g/mol. The highest BCUT2D eigenvalue weighted by atomic mass is 35.5. The number of anilines is 2. The van der Waals surface area contributed by atoms with Gasteiger partial charge in [-0.3, -0.25) is 14.9 Å². The normalized spacial score (nSPS) is 11.5. The van der Waals surface area contributed by atoms with Crippen molar-refractivity contribution in [2.45, 2.75) is 20.0 Å². The molecule has 1 aromatic heterocycles. The Kier molecular flexibility index (Phi) is 6.28. The molecule has 3 aromatic rings. The fourth-order valence-corrected chi connectivity index (χ4v) is 3.21. The second kappa shape index (κ2) is 8.86. The number of ether oxygens (including phenoxy) is 1. The standard InChI is InChI=1S/C20H18ClN3O3S/c1-12-11-14(21)7-8-17(12)27-13(2)18(25)23-16-6-4-3-5-15(16)19(26)24-20-22-9-10-28-20/h3-11,13H,1-2H3,(H,23,25)(H,22,24,26). The van der Waals surface area contributed by atoms with E-state index >= 15 is 0 Å². The molecule has 0 aliphatic heterocycles. The van der Waals surface area contributed by atoms with Crippen molar-refractivity contribution in [3.8, 4) is 5.75 Å². The van der Waals surface area contributed by atoms with Gasteiger partial charge in [0.1, 0.15) is 5.75 Å². The van der Waals surface area contributed by atoms with E-state index in [9.17, 15) is 9.59 Å². The van der Waals surface area contributed by atoms with E-state index in [1.54, 1.807) is 61.0 Å². The number of carbonyl (C=O) groups excluding carboxylic acids is 2. The molecule has 2 aromatic carbocycles. The van der Waals surface area contributed by atoms with Gasteiger partial charge in [0, 0.05) is 16.6 Å². The first-order valence-corrected chi connectivity index (χ1v) is 9.73. The highest BCUT2D eigenvalue weighted by molar-refractivity contribution is 7.13. The first-order chi connectivity index (χ1) is 13.4. The largest absolute Gasteiger partial charge is 0.481 e. The van der Waals surface area contributed by atoms with Gasteiger partial charge in [0.15, 0.2) is 11.2 Å². The van der Waals surface area contributed by atoms with Crippen molar-refractivity contribution in [2.24, 2.45) is 0 Å². The lowest BCUT2D eigenvalue weighted by molar-refractivity contribution is -0.122. The summed E-state index contributed by atoms with van der Waals surface area (Å²) in [6.45, 7) is 3.49. The zero-order valence-corrected chi connectivity index (χ0v) is 16.8. The Morgan fingerprint density at radius 2 is 1.96 bits per heavy atom. The third-order valence-electron chi connectivity index (χ3n) is 3.89. The van der Waals surface area contributed by atoms with Crippen LogP contribution in [0.2, 0.25) is 5.02 Å². The summed E-state index contributed by atoms with van der Waals surface area (Å²) in [7, 11) is 0. The lowest BCUT2D eigenvalue weighted by atomic mass is 10.1. The van der Waals surface area contributed by atoms with E-state index in [-0.39, 0.29) is 11.8 Å². The van der Waals surface area contributed by atoms with Crippen LogP contribution in [0.5, 0.6) is 5.75 Å². The van der Waals surface area contributed by atoms with Crippen molar-refractivity contribution in [1.82, 2.24) is 4.98 Å². The molecule has 0 saturated carbocycles. The number of thiazole rings is 1. The second-order valence-corrected chi connectivity index (χ2v) is 7.33. The second-order valence-electron chi connectivity index (χ2n) is 6.00. The number of benzene rings is 2. The van der Waals surface area contributed by atoms with Gasteiger partial charge in [0.25, 0.3) is 11.8 Å². The highest BCUT2D eigenvalue weighted by Gasteiger charge is 2.19. The van der Waals surface area contributed by atoms with E-state index in [0.717, 1.165) is 5.56 Å². The minimum Gasteiger partial charge on any atom is -0.481 e. The first-order valence-electron chi connectivity index (χ1n) is 8.47. The van der Waals surface area contributed by atoms with E-state index in [0.29, 0.717) is 27.2 Å². The van der Waals surface area contributed by atoms with Gasteiger partial charge in [-0.1, -0.05) is 23.7 Å². The van der Waals surface area contributed by atoms with Crippen LogP contribution < -0.4 is 15.4 Å². The van der Waals surface area contributed by atoms with Crippen LogP contribution >= 0.6 is 22.9 Å². The highest BCUT2D eigenvalue weighted by Crippen LogP contribution is 2.24. The molecule has 1 heterocycles. The van der Waals surface area contributed by atoms with Crippen molar-refractivity contribution in [3.63, 3.8) is 0 Å². The SMILES string of the molecule is Cc1cc(Cl)ccc1OC(C)C(=O)Nc1ccccc1C(=O)Nc1nccs1. The molecule has 28 heavy (non-hydrogen) atoms. The molecule has 1 unspecified atom stereocenters. The number of aryl methyl sites for hydroxylation is 1. The number of carbonyl (C=O) groups is 2. The van der Waals surface area contributed by atoms with Crippen LogP contribution in [-0.4, -0.2) is 22.9 Å². The van der Waals surface area contributed by atoms with E-state index < -0.39 is 6.10 Å². The number of halogens is 1. The average molecular weight is 416 g/mol. The molecule has 0 saturated heterocycles. The van der Waals surface area contributed by atoms with Gasteiger partial charge in [0.2, 0.25) is 0 Å². The van der Waals surface area contributed by atoms with E-state index in [1.807, 2.05) is 6.92 Å². The number of hydrogen-bond donors (Lipinski definition) is 2. The maximum atomic E-state index is 12.6. The maximum absolute atomic E-state index is 12.6. The molecular weight excluding hydrogens is 398 g/mol. The number of hydrogen-bond acceptors (Lipinski definition) is 5. The van der Waals surface area contributed by atoms with Gasteiger partial charge < -0.3 is 10.1 Å². The van der Waals surface area contributed by atoms with Gasteiger partial charge in [-0.05, 0) is 49.7 Å². The molecular formula is C20H18ClN3O3S. The summed E-state index contributed by atoms with van der Waals surface area (Å²) in [5.74, 6) is -0.154. The van der Waals surface area contributed by atoms with Crippen LogP contribution in [0.25, 0.3) is 0 Å². The van der Waals surface area contributed by atoms with Crippen molar-refractivity contribution in [2.75, 3.05) is 10.6 Å². The molecule has 2 amide bonds. The third-order valence-corrected chi connectivity index (χ3v) is 4.82. The van der Waals surface area contributed by atoms with Crippen molar-refractivity contribution >= 4 is 45.6 Å². The number of nitrogens with one attached hydrogen (secondary N) is 2. The molecule has 3 rings (SSSR count). The number of nitrogens with zero attached hydrogens (tertiary/aromatic N) is 1. The summed E-state index contributed by atoms with van der Waals surface area (Å²) >= 11 is 7.26. The van der Waals surface area contributed by atoms with E-state index in [4.69, 9.17) is 16.3 Å². The predicted molar refractivity (Wildman–Crippen MR) is 111 cm³/mol. The number of amides is 2. The average Bonchev–Trinajstić information content (AvgIpc) is 3.17. The van der Waals surface area contributed by atoms with Gasteiger partial charge in [-0.15, -0.1) is 11.3 Å². The van der Waals surface area contributed by atoms with Crippen LogP contribution in [0.3, 0.4) is 0 Å². The summed E-state index contributed by atoms with van der Waals surface area (Å²) in [4.78, 5) is 29.1. The van der Waals surface area contributed by atoms with Gasteiger partial charge in [0.05, 0.1) is 11.3 Å². The number of rotatable bonds is 6. The molecule has 0 aliphatic rings. The Morgan fingerprint density at radius 1 is 1.18 bits per heavy atom. The summed E-state index contributed by atoms with van der Waals surface area (Å²) in [5.41, 5.74) is 1.56. The molecule has 8 heteroatoms. The fourth-order valence-electron chi connectivity index (χ4n) is 2.46. The van der Waals surface area contributed by atoms with Crippen LogP contribution in [0.4, 0.5) is 10.8 Å². The zero-order valence-electron chi connectivity index (χ0n) is 15.2. The molecule has 144 valence electrons. The fraction of sp³-hybridized carbons (Fsp3) is 0.150. The van der Waals surface area contributed by atoms with Gasteiger partial charge in [-0.25, -0.2) is 4.98 Å². The van der Waals surface area contributed by atoms with Gasteiger partial charge >= 0.3 is 0 Å². The molecule has 0 aliphatic carbocycles. The Bertz CT molecular complexity index is 992. The molecule has 0 radical (unpaired) electrons. The number of para-hydroxylation sites is 1. The smallest absolute Gasteiger partial charge is 0.265 e. The summed E-state index contributed by atoms with van der Waals surface area (Å²) in [6.07, 6.45) is 0.834. The minimum absolute atomic E-state index is 0.334. The lowest BCUT2D eigenvalue weighted by Crippen LogP contribution is -2.31. The zero-order chi connectivity index (χ0) is 20.1. The van der Waals surface area contributed by atoms with Crippen LogP contribution in [0, 0.1) is 6.92 Å². The summed E-state index contributed by atoms with van der Waals surface area (Å²) in [6, 6.07) is 11.9. The molecule has 0 fully saturated rings. The lowest BCUT2D eigenvalue weighted by Gasteiger charge is -2.17. The third kappa shape index (κ3) is 4.88. The molecule has 6 nitrogen and oxygen atoms in total. The quantitative estimate of drug-likeness (QED) is 0.608. The number of aromatic nitrogens is 1. The van der Waals surface area contributed by atoms with Crippen molar-refractivity contribution in [1.29, 1.82) is 0 Å². The Hall–Kier alpha value is -2.90.